The Morgan fingerprint density at radius 3 is 2.38 bits per heavy atom. The Morgan fingerprint density at radius 2 is 1.79 bits per heavy atom. The van der Waals surface area contributed by atoms with E-state index in [1.807, 2.05) is 6.92 Å². The Balaban J connectivity index is 2.78. The zero-order valence-electron chi connectivity index (χ0n) is 14.1. The highest BCUT2D eigenvalue weighted by atomic mass is 16.5. The summed E-state index contributed by atoms with van der Waals surface area (Å²) in [5, 5.41) is 0.610. The maximum atomic E-state index is 12.5. The first-order valence-corrected chi connectivity index (χ1v) is 8.02. The molecular weight excluding hydrogens is 310 g/mol. The SMILES string of the molecule is CCOC(=O)c1c(C=O)c2ccccc2n1C(CC)C(=O)OCC. The molecule has 6 heteroatoms. The minimum Gasteiger partial charge on any atom is -0.464 e. The van der Waals surface area contributed by atoms with Crippen molar-refractivity contribution in [3.8, 4) is 0 Å². The third-order valence-electron chi connectivity index (χ3n) is 3.79. The summed E-state index contributed by atoms with van der Waals surface area (Å²) in [6, 6.07) is 6.38. The zero-order valence-corrected chi connectivity index (χ0v) is 14.1. The molecule has 1 aromatic carbocycles. The molecule has 0 N–H and O–H groups in total. The van der Waals surface area contributed by atoms with Gasteiger partial charge in [0.15, 0.2) is 6.29 Å². The number of rotatable bonds is 7. The standard InChI is InChI=1S/C18H21NO5/c1-4-14(17(21)23-5-2)19-15-10-8-7-9-12(15)13(11-20)16(19)18(22)24-6-3/h7-11,14H,4-6H2,1-3H3. The lowest BCUT2D eigenvalue weighted by Crippen LogP contribution is -2.25. The number of aldehydes is 1. The Kier molecular flexibility index (Phi) is 5.73. The maximum absolute atomic E-state index is 12.5. The van der Waals surface area contributed by atoms with Gasteiger partial charge in [-0.25, -0.2) is 9.59 Å². The van der Waals surface area contributed by atoms with Crippen molar-refractivity contribution in [2.45, 2.75) is 33.2 Å². The summed E-state index contributed by atoms with van der Waals surface area (Å²) >= 11 is 0. The van der Waals surface area contributed by atoms with Crippen molar-refractivity contribution < 1.29 is 23.9 Å². The molecule has 0 aliphatic rings. The number of benzene rings is 1. The van der Waals surface area contributed by atoms with Crippen LogP contribution in [-0.4, -0.2) is 36.0 Å². The van der Waals surface area contributed by atoms with Gasteiger partial charge in [-0.1, -0.05) is 25.1 Å². The van der Waals surface area contributed by atoms with E-state index < -0.39 is 18.0 Å². The molecule has 0 saturated carbocycles. The lowest BCUT2D eigenvalue weighted by atomic mass is 10.1. The van der Waals surface area contributed by atoms with Crippen LogP contribution in [0.25, 0.3) is 10.9 Å². The zero-order chi connectivity index (χ0) is 17.7. The van der Waals surface area contributed by atoms with Crippen LogP contribution < -0.4 is 0 Å². The van der Waals surface area contributed by atoms with Gasteiger partial charge in [0, 0.05) is 5.39 Å². The van der Waals surface area contributed by atoms with Gasteiger partial charge >= 0.3 is 11.9 Å². The highest BCUT2D eigenvalue weighted by Gasteiger charge is 2.31. The molecule has 0 spiro atoms. The first-order chi connectivity index (χ1) is 11.6. The molecule has 128 valence electrons. The van der Waals surface area contributed by atoms with Crippen LogP contribution in [0.5, 0.6) is 0 Å². The Hall–Kier alpha value is -2.63. The molecule has 2 rings (SSSR count). The molecule has 0 fully saturated rings. The number of carbonyl (C=O) groups excluding carboxylic acids is 3. The van der Waals surface area contributed by atoms with Crippen molar-refractivity contribution in [2.24, 2.45) is 0 Å². The minimum absolute atomic E-state index is 0.0907. The highest BCUT2D eigenvalue weighted by molar-refractivity contribution is 6.09. The maximum Gasteiger partial charge on any atom is 0.355 e. The van der Waals surface area contributed by atoms with E-state index in [-0.39, 0.29) is 24.5 Å². The number of hydrogen-bond acceptors (Lipinski definition) is 5. The summed E-state index contributed by atoms with van der Waals surface area (Å²) in [5.41, 5.74) is 0.947. The molecule has 0 aliphatic heterocycles. The van der Waals surface area contributed by atoms with Crippen LogP contribution in [0.1, 0.15) is 54.1 Å². The van der Waals surface area contributed by atoms with Crippen molar-refractivity contribution in [3.05, 3.63) is 35.5 Å². The van der Waals surface area contributed by atoms with Gasteiger partial charge in [0.2, 0.25) is 0 Å². The summed E-state index contributed by atoms with van der Waals surface area (Å²) in [7, 11) is 0. The van der Waals surface area contributed by atoms with E-state index in [4.69, 9.17) is 9.47 Å². The van der Waals surface area contributed by atoms with Crippen LogP contribution >= 0.6 is 0 Å². The number of fused-ring (bicyclic) bond motifs is 1. The van der Waals surface area contributed by atoms with E-state index in [9.17, 15) is 14.4 Å². The van der Waals surface area contributed by atoms with Gasteiger partial charge in [-0.15, -0.1) is 0 Å². The molecule has 0 aliphatic carbocycles. The van der Waals surface area contributed by atoms with E-state index in [0.29, 0.717) is 23.6 Å². The van der Waals surface area contributed by atoms with Crippen molar-refractivity contribution in [3.63, 3.8) is 0 Å². The van der Waals surface area contributed by atoms with Gasteiger partial charge in [-0.3, -0.25) is 4.79 Å². The second-order valence-corrected chi connectivity index (χ2v) is 5.16. The molecule has 1 atom stereocenters. The Bertz CT molecular complexity index is 762. The average Bonchev–Trinajstić information content (AvgIpc) is 2.91. The summed E-state index contributed by atoms with van der Waals surface area (Å²) in [6.45, 7) is 5.65. The monoisotopic (exact) mass is 331 g/mol. The number of para-hydroxylation sites is 1. The fourth-order valence-corrected chi connectivity index (χ4v) is 2.83. The van der Waals surface area contributed by atoms with Crippen LogP contribution in [0, 0.1) is 0 Å². The van der Waals surface area contributed by atoms with Gasteiger partial charge < -0.3 is 14.0 Å². The van der Waals surface area contributed by atoms with E-state index in [1.54, 1.807) is 42.7 Å². The molecule has 1 aromatic heterocycles. The van der Waals surface area contributed by atoms with Gasteiger partial charge in [-0.2, -0.15) is 0 Å². The predicted octanol–water partition coefficient (Wildman–Crippen LogP) is 3.14. The van der Waals surface area contributed by atoms with Gasteiger partial charge in [0.25, 0.3) is 0 Å². The Morgan fingerprint density at radius 1 is 1.12 bits per heavy atom. The predicted molar refractivity (Wildman–Crippen MR) is 89.2 cm³/mol. The normalized spacial score (nSPS) is 12.0. The molecule has 0 amide bonds. The number of ether oxygens (including phenoxy) is 2. The number of hydrogen-bond donors (Lipinski definition) is 0. The van der Waals surface area contributed by atoms with Crippen molar-refractivity contribution in [1.82, 2.24) is 4.57 Å². The number of carbonyl (C=O) groups is 3. The molecule has 1 unspecified atom stereocenters. The second-order valence-electron chi connectivity index (χ2n) is 5.16. The topological polar surface area (TPSA) is 74.6 Å². The first-order valence-electron chi connectivity index (χ1n) is 8.02. The van der Waals surface area contributed by atoms with E-state index in [2.05, 4.69) is 0 Å². The minimum atomic E-state index is -0.706. The summed E-state index contributed by atoms with van der Waals surface area (Å²) in [4.78, 5) is 36.5. The van der Waals surface area contributed by atoms with E-state index >= 15 is 0 Å². The Labute approximate surface area is 140 Å². The van der Waals surface area contributed by atoms with Gasteiger partial charge in [0.1, 0.15) is 11.7 Å². The summed E-state index contributed by atoms with van der Waals surface area (Å²) in [5.74, 6) is -1.07. The highest BCUT2D eigenvalue weighted by Crippen LogP contribution is 2.31. The van der Waals surface area contributed by atoms with Crippen molar-refractivity contribution in [1.29, 1.82) is 0 Å². The van der Waals surface area contributed by atoms with Crippen molar-refractivity contribution >= 4 is 29.1 Å². The molecule has 6 nitrogen and oxygen atoms in total. The van der Waals surface area contributed by atoms with E-state index in [1.165, 1.54) is 0 Å². The smallest absolute Gasteiger partial charge is 0.355 e. The number of esters is 2. The fourth-order valence-electron chi connectivity index (χ4n) is 2.83. The lowest BCUT2D eigenvalue weighted by molar-refractivity contribution is -0.147. The quantitative estimate of drug-likeness (QED) is 0.575. The average molecular weight is 331 g/mol. The molecule has 2 aromatic rings. The van der Waals surface area contributed by atoms with Crippen LogP contribution in [0.15, 0.2) is 24.3 Å². The van der Waals surface area contributed by atoms with Crippen LogP contribution in [0.2, 0.25) is 0 Å². The molecule has 1 heterocycles. The summed E-state index contributed by atoms with van der Waals surface area (Å²) < 4.78 is 11.8. The lowest BCUT2D eigenvalue weighted by Gasteiger charge is -2.19. The molecule has 24 heavy (non-hydrogen) atoms. The summed E-state index contributed by atoms with van der Waals surface area (Å²) in [6.07, 6.45) is 1.05. The first kappa shape index (κ1) is 17.7. The van der Waals surface area contributed by atoms with Crippen LogP contribution in [0.3, 0.4) is 0 Å². The largest absolute Gasteiger partial charge is 0.464 e. The van der Waals surface area contributed by atoms with Crippen molar-refractivity contribution in [2.75, 3.05) is 13.2 Å². The van der Waals surface area contributed by atoms with Gasteiger partial charge in [-0.05, 0) is 26.3 Å². The van der Waals surface area contributed by atoms with Crippen LogP contribution in [0.4, 0.5) is 0 Å². The third-order valence-corrected chi connectivity index (χ3v) is 3.79. The molecule has 0 bridgehead atoms. The molecule has 0 saturated heterocycles. The van der Waals surface area contributed by atoms with Gasteiger partial charge in [0.05, 0.1) is 24.3 Å². The second kappa shape index (κ2) is 7.77. The third kappa shape index (κ3) is 3.04. The fraction of sp³-hybridized carbons (Fsp3) is 0.389. The molecular formula is C18H21NO5. The van der Waals surface area contributed by atoms with Crippen LogP contribution in [-0.2, 0) is 14.3 Å². The number of aromatic nitrogens is 1. The molecule has 0 radical (unpaired) electrons. The van der Waals surface area contributed by atoms with E-state index in [0.717, 1.165) is 0 Å². The number of nitrogens with zero attached hydrogens (tertiary/aromatic N) is 1.